The molecule has 1 aromatic rings. The maximum absolute atomic E-state index is 12.2. The zero-order chi connectivity index (χ0) is 15.5. The first-order valence-corrected chi connectivity index (χ1v) is 8.87. The van der Waals surface area contributed by atoms with Gasteiger partial charge >= 0.3 is 0 Å². The van der Waals surface area contributed by atoms with Crippen LogP contribution in [-0.4, -0.2) is 66.5 Å². The van der Waals surface area contributed by atoms with Crippen molar-refractivity contribution in [1.82, 2.24) is 14.8 Å². The Morgan fingerprint density at radius 2 is 1.86 bits per heavy atom. The fourth-order valence-corrected chi connectivity index (χ4v) is 3.91. The number of carbonyl (C=O) groups is 1. The van der Waals surface area contributed by atoms with Crippen molar-refractivity contribution in [3.8, 4) is 0 Å². The van der Waals surface area contributed by atoms with Crippen LogP contribution in [0.25, 0.3) is 0 Å². The molecule has 0 atom stereocenters. The molecule has 1 aromatic heterocycles. The van der Waals surface area contributed by atoms with Crippen LogP contribution in [0.5, 0.6) is 0 Å². The number of hydrogen-bond donors (Lipinski definition) is 0. The third-order valence-corrected chi connectivity index (χ3v) is 5.07. The van der Waals surface area contributed by atoms with Crippen LogP contribution < -0.4 is 4.90 Å². The Morgan fingerprint density at radius 3 is 2.50 bits per heavy atom. The van der Waals surface area contributed by atoms with Gasteiger partial charge in [-0.05, 0) is 34.8 Å². The van der Waals surface area contributed by atoms with Crippen molar-refractivity contribution in [3.63, 3.8) is 0 Å². The molecule has 0 bridgehead atoms. The molecule has 3 heterocycles. The minimum Gasteiger partial charge on any atom is -0.353 e. The van der Waals surface area contributed by atoms with Crippen molar-refractivity contribution in [3.05, 3.63) is 21.8 Å². The van der Waals surface area contributed by atoms with Crippen LogP contribution in [0.4, 0.5) is 5.82 Å². The van der Waals surface area contributed by atoms with Crippen molar-refractivity contribution in [2.24, 2.45) is 0 Å². The summed E-state index contributed by atoms with van der Waals surface area (Å²) < 4.78 is 0.918. The molecule has 1 amide bonds. The van der Waals surface area contributed by atoms with Gasteiger partial charge in [-0.25, -0.2) is 4.98 Å². The molecule has 0 aromatic carbocycles. The van der Waals surface area contributed by atoms with Gasteiger partial charge in [-0.15, -0.1) is 0 Å². The summed E-state index contributed by atoms with van der Waals surface area (Å²) in [6.07, 6.45) is 3.97. The number of nitrogens with zero attached hydrogens (tertiary/aromatic N) is 4. The molecule has 0 unspecified atom stereocenters. The second kappa shape index (κ2) is 7.15. The highest BCUT2D eigenvalue weighted by atomic mass is 79.9. The maximum atomic E-state index is 12.2. The van der Waals surface area contributed by atoms with Gasteiger partial charge in [0, 0.05) is 45.5 Å². The number of piperazine rings is 1. The maximum Gasteiger partial charge on any atom is 0.236 e. The first-order valence-electron chi connectivity index (χ1n) is 7.69. The van der Waals surface area contributed by atoms with E-state index < -0.39 is 0 Å². The van der Waals surface area contributed by atoms with E-state index in [-0.39, 0.29) is 5.91 Å². The number of amides is 1. The van der Waals surface area contributed by atoms with Crippen LogP contribution in [-0.2, 0) is 4.79 Å². The summed E-state index contributed by atoms with van der Waals surface area (Å²) in [5, 5.41) is 0.630. The van der Waals surface area contributed by atoms with Crippen LogP contribution in [0, 0.1) is 0 Å². The average molecular weight is 388 g/mol. The molecule has 5 nitrogen and oxygen atoms in total. The summed E-state index contributed by atoms with van der Waals surface area (Å²) in [7, 11) is 0. The Hall–Kier alpha value is -0.850. The molecule has 0 aliphatic carbocycles. The van der Waals surface area contributed by atoms with Crippen LogP contribution in [0.2, 0.25) is 5.02 Å². The quantitative estimate of drug-likeness (QED) is 0.797. The standard InChI is InChI=1S/C15H20BrClN4O/c16-13-9-12(17)10-18-15(13)21-7-5-19(6-8-21)11-14(22)20-3-1-2-4-20/h9-10H,1-8,11H2. The fraction of sp³-hybridized carbons (Fsp3) is 0.600. The Morgan fingerprint density at radius 1 is 1.18 bits per heavy atom. The summed E-state index contributed by atoms with van der Waals surface area (Å²) >= 11 is 9.46. The first kappa shape index (κ1) is 16.0. The Labute approximate surface area is 144 Å². The zero-order valence-corrected chi connectivity index (χ0v) is 14.8. The van der Waals surface area contributed by atoms with E-state index in [9.17, 15) is 4.79 Å². The predicted octanol–water partition coefficient (Wildman–Crippen LogP) is 2.24. The molecule has 7 heteroatoms. The highest BCUT2D eigenvalue weighted by molar-refractivity contribution is 9.10. The first-order chi connectivity index (χ1) is 10.6. The van der Waals surface area contributed by atoms with Gasteiger partial charge in [-0.2, -0.15) is 0 Å². The molecule has 2 saturated heterocycles. The normalized spacial score (nSPS) is 19.7. The van der Waals surface area contributed by atoms with Gasteiger partial charge in [0.05, 0.1) is 16.0 Å². The number of halogens is 2. The van der Waals surface area contributed by atoms with E-state index in [1.54, 1.807) is 6.20 Å². The highest BCUT2D eigenvalue weighted by Crippen LogP contribution is 2.27. The average Bonchev–Trinajstić information content (AvgIpc) is 3.03. The van der Waals surface area contributed by atoms with Crippen LogP contribution in [0.3, 0.4) is 0 Å². The number of carbonyl (C=O) groups excluding carboxylic acids is 1. The van der Waals surface area contributed by atoms with Gasteiger partial charge in [0.2, 0.25) is 5.91 Å². The summed E-state index contributed by atoms with van der Waals surface area (Å²) in [5.74, 6) is 1.20. The Bertz CT molecular complexity index is 542. The van der Waals surface area contributed by atoms with E-state index >= 15 is 0 Å². The van der Waals surface area contributed by atoms with E-state index in [2.05, 4.69) is 30.7 Å². The molecular weight excluding hydrogens is 368 g/mol. The number of rotatable bonds is 3. The SMILES string of the molecule is O=C(CN1CCN(c2ncc(Cl)cc2Br)CC1)N1CCCC1. The second-order valence-electron chi connectivity index (χ2n) is 5.81. The largest absolute Gasteiger partial charge is 0.353 e. The van der Waals surface area contributed by atoms with E-state index in [1.807, 2.05) is 11.0 Å². The Balaban J connectivity index is 1.52. The van der Waals surface area contributed by atoms with E-state index in [0.717, 1.165) is 62.4 Å². The van der Waals surface area contributed by atoms with Gasteiger partial charge in [-0.1, -0.05) is 11.6 Å². The van der Waals surface area contributed by atoms with Crippen LogP contribution in [0.15, 0.2) is 16.7 Å². The van der Waals surface area contributed by atoms with Gasteiger partial charge in [0.15, 0.2) is 0 Å². The van der Waals surface area contributed by atoms with Crippen molar-refractivity contribution in [1.29, 1.82) is 0 Å². The minimum atomic E-state index is 0.275. The van der Waals surface area contributed by atoms with Gasteiger partial charge in [0.25, 0.3) is 0 Å². The van der Waals surface area contributed by atoms with Crippen molar-refractivity contribution >= 4 is 39.3 Å². The minimum absolute atomic E-state index is 0.275. The van der Waals surface area contributed by atoms with Crippen molar-refractivity contribution < 1.29 is 4.79 Å². The molecule has 2 aliphatic heterocycles. The number of anilines is 1. The summed E-state index contributed by atoms with van der Waals surface area (Å²) in [6.45, 7) is 5.93. The molecule has 0 N–H and O–H groups in total. The van der Waals surface area contributed by atoms with Crippen molar-refractivity contribution in [2.45, 2.75) is 12.8 Å². The number of pyridine rings is 1. The third kappa shape index (κ3) is 3.73. The molecule has 0 saturated carbocycles. The lowest BCUT2D eigenvalue weighted by Crippen LogP contribution is -2.50. The lowest BCUT2D eigenvalue weighted by molar-refractivity contribution is -0.131. The molecule has 120 valence electrons. The highest BCUT2D eigenvalue weighted by Gasteiger charge is 2.24. The van der Waals surface area contributed by atoms with E-state index in [0.29, 0.717) is 11.6 Å². The number of aromatic nitrogens is 1. The van der Waals surface area contributed by atoms with Crippen LogP contribution >= 0.6 is 27.5 Å². The monoisotopic (exact) mass is 386 g/mol. The van der Waals surface area contributed by atoms with Gasteiger partial charge < -0.3 is 9.80 Å². The lowest BCUT2D eigenvalue weighted by Gasteiger charge is -2.36. The predicted molar refractivity (Wildman–Crippen MR) is 91.4 cm³/mol. The van der Waals surface area contributed by atoms with Crippen LogP contribution in [0.1, 0.15) is 12.8 Å². The van der Waals surface area contributed by atoms with E-state index in [4.69, 9.17) is 11.6 Å². The molecular formula is C15H20BrClN4O. The third-order valence-electron chi connectivity index (χ3n) is 4.28. The Kier molecular flexibility index (Phi) is 5.21. The van der Waals surface area contributed by atoms with Crippen molar-refractivity contribution in [2.75, 3.05) is 50.7 Å². The lowest BCUT2D eigenvalue weighted by atomic mass is 10.3. The summed E-state index contributed by atoms with van der Waals surface area (Å²) in [4.78, 5) is 23.1. The zero-order valence-electron chi connectivity index (χ0n) is 12.5. The molecule has 2 aliphatic rings. The summed E-state index contributed by atoms with van der Waals surface area (Å²) in [6, 6.07) is 1.87. The molecule has 22 heavy (non-hydrogen) atoms. The smallest absolute Gasteiger partial charge is 0.236 e. The number of hydrogen-bond acceptors (Lipinski definition) is 4. The molecule has 2 fully saturated rings. The molecule has 0 radical (unpaired) electrons. The van der Waals surface area contributed by atoms with Gasteiger partial charge in [-0.3, -0.25) is 9.69 Å². The summed E-state index contributed by atoms with van der Waals surface area (Å²) in [5.41, 5.74) is 0. The number of likely N-dealkylation sites (tertiary alicyclic amines) is 1. The second-order valence-corrected chi connectivity index (χ2v) is 7.10. The van der Waals surface area contributed by atoms with Gasteiger partial charge in [0.1, 0.15) is 5.82 Å². The fourth-order valence-electron chi connectivity index (χ4n) is 3.02. The molecule has 3 rings (SSSR count). The van der Waals surface area contributed by atoms with E-state index in [1.165, 1.54) is 0 Å². The molecule has 0 spiro atoms. The topological polar surface area (TPSA) is 39.7 Å².